The Morgan fingerprint density at radius 2 is 2.30 bits per heavy atom. The molecule has 20 heavy (non-hydrogen) atoms. The Morgan fingerprint density at radius 3 is 2.80 bits per heavy atom. The normalized spacial score (nSPS) is 18.2. The van der Waals surface area contributed by atoms with Crippen LogP contribution in [0.1, 0.15) is 40.6 Å². The molecule has 1 unspecified atom stereocenters. The lowest BCUT2D eigenvalue weighted by Gasteiger charge is -2.28. The van der Waals surface area contributed by atoms with Gasteiger partial charge in [-0.3, -0.25) is 9.59 Å². The molecule has 0 bridgehead atoms. The number of amides is 2. The second-order valence-electron chi connectivity index (χ2n) is 5.23. The minimum atomic E-state index is -0.510. The minimum absolute atomic E-state index is 0.0319. The van der Waals surface area contributed by atoms with Crippen molar-refractivity contribution in [2.75, 3.05) is 19.6 Å². The number of aryl methyl sites for hydroxylation is 1. The maximum Gasteiger partial charge on any atom is 0.270 e. The average molecular weight is 278 g/mol. The second kappa shape index (κ2) is 6.09. The van der Waals surface area contributed by atoms with Gasteiger partial charge in [-0.15, -0.1) is 0 Å². The summed E-state index contributed by atoms with van der Waals surface area (Å²) in [7, 11) is 1.76. The van der Waals surface area contributed by atoms with Crippen molar-refractivity contribution < 1.29 is 9.59 Å². The zero-order valence-corrected chi connectivity index (χ0v) is 12.1. The van der Waals surface area contributed by atoms with Crippen LogP contribution in [-0.2, 0) is 7.05 Å². The van der Waals surface area contributed by atoms with Crippen molar-refractivity contribution in [2.24, 2.45) is 12.8 Å². The van der Waals surface area contributed by atoms with Gasteiger partial charge in [-0.2, -0.15) is 0 Å². The van der Waals surface area contributed by atoms with Crippen molar-refractivity contribution in [1.82, 2.24) is 14.8 Å². The third kappa shape index (κ3) is 2.85. The van der Waals surface area contributed by atoms with Crippen LogP contribution < -0.4 is 11.1 Å². The third-order valence-corrected chi connectivity index (χ3v) is 3.71. The largest absolute Gasteiger partial charge is 0.366 e. The number of rotatable bonds is 5. The topological polar surface area (TPSA) is 80.4 Å². The summed E-state index contributed by atoms with van der Waals surface area (Å²) in [5.41, 5.74) is 6.15. The summed E-state index contributed by atoms with van der Waals surface area (Å²) < 4.78 is 1.67. The van der Waals surface area contributed by atoms with Crippen LogP contribution in [0, 0.1) is 0 Å². The molecule has 6 heteroatoms. The molecular weight excluding hydrogens is 256 g/mol. The van der Waals surface area contributed by atoms with E-state index in [2.05, 4.69) is 12.2 Å². The quantitative estimate of drug-likeness (QED) is 0.815. The van der Waals surface area contributed by atoms with Crippen LogP contribution in [0.5, 0.6) is 0 Å². The van der Waals surface area contributed by atoms with E-state index in [1.807, 2.05) is 4.90 Å². The summed E-state index contributed by atoms with van der Waals surface area (Å²) in [6.45, 7) is 4.56. The smallest absolute Gasteiger partial charge is 0.270 e. The molecule has 2 heterocycles. The summed E-state index contributed by atoms with van der Waals surface area (Å²) in [4.78, 5) is 25.8. The molecule has 1 saturated heterocycles. The Hall–Kier alpha value is -1.82. The van der Waals surface area contributed by atoms with E-state index in [9.17, 15) is 9.59 Å². The van der Waals surface area contributed by atoms with Gasteiger partial charge < -0.3 is 20.5 Å². The Kier molecular flexibility index (Phi) is 4.44. The number of nitrogens with two attached hydrogens (primary N) is 1. The predicted molar refractivity (Wildman–Crippen MR) is 76.5 cm³/mol. The summed E-state index contributed by atoms with van der Waals surface area (Å²) in [6, 6.07) is 1.81. The Bertz CT molecular complexity index is 503. The van der Waals surface area contributed by atoms with E-state index in [4.69, 9.17) is 5.73 Å². The van der Waals surface area contributed by atoms with Gasteiger partial charge in [0.05, 0.1) is 5.56 Å². The maximum absolute atomic E-state index is 12.7. The summed E-state index contributed by atoms with van der Waals surface area (Å²) in [5, 5.41) is 3.28. The monoisotopic (exact) mass is 278 g/mol. The van der Waals surface area contributed by atoms with Gasteiger partial charge in [0.15, 0.2) is 0 Å². The zero-order chi connectivity index (χ0) is 14.7. The van der Waals surface area contributed by atoms with Gasteiger partial charge >= 0.3 is 0 Å². The summed E-state index contributed by atoms with van der Waals surface area (Å²) >= 11 is 0. The fourth-order valence-corrected chi connectivity index (χ4v) is 2.66. The molecule has 0 aromatic carbocycles. The van der Waals surface area contributed by atoms with Crippen molar-refractivity contribution in [3.63, 3.8) is 0 Å². The lowest BCUT2D eigenvalue weighted by molar-refractivity contribution is 0.0682. The number of primary amides is 1. The van der Waals surface area contributed by atoms with E-state index >= 15 is 0 Å². The van der Waals surface area contributed by atoms with Crippen LogP contribution in [0.3, 0.4) is 0 Å². The van der Waals surface area contributed by atoms with Gasteiger partial charge in [0.1, 0.15) is 5.69 Å². The molecule has 1 atom stereocenters. The van der Waals surface area contributed by atoms with Gasteiger partial charge in [-0.1, -0.05) is 6.92 Å². The van der Waals surface area contributed by atoms with Gasteiger partial charge in [0.25, 0.3) is 5.91 Å². The highest BCUT2D eigenvalue weighted by molar-refractivity contribution is 5.98. The highest BCUT2D eigenvalue weighted by atomic mass is 16.2. The molecule has 1 aliphatic heterocycles. The van der Waals surface area contributed by atoms with Gasteiger partial charge in [0, 0.05) is 32.4 Å². The van der Waals surface area contributed by atoms with Crippen LogP contribution in [0.2, 0.25) is 0 Å². The number of nitrogens with zero attached hydrogens (tertiary/aromatic N) is 2. The highest BCUT2D eigenvalue weighted by Crippen LogP contribution is 2.16. The van der Waals surface area contributed by atoms with E-state index < -0.39 is 5.91 Å². The molecule has 1 fully saturated rings. The average Bonchev–Trinajstić information content (AvgIpc) is 3.04. The number of carbonyl (C=O) groups is 2. The first-order chi connectivity index (χ1) is 9.54. The number of hydrogen-bond donors (Lipinski definition) is 2. The first-order valence-electron chi connectivity index (χ1n) is 7.02. The van der Waals surface area contributed by atoms with E-state index in [0.717, 1.165) is 32.5 Å². The van der Waals surface area contributed by atoms with Crippen molar-refractivity contribution >= 4 is 11.8 Å². The van der Waals surface area contributed by atoms with E-state index in [1.165, 1.54) is 0 Å². The van der Waals surface area contributed by atoms with Gasteiger partial charge in [0.2, 0.25) is 5.91 Å². The first-order valence-corrected chi connectivity index (χ1v) is 7.02. The van der Waals surface area contributed by atoms with Crippen LogP contribution in [0.4, 0.5) is 0 Å². The van der Waals surface area contributed by atoms with Crippen LogP contribution in [0.25, 0.3) is 0 Å². The highest BCUT2D eigenvalue weighted by Gasteiger charge is 2.28. The molecule has 0 radical (unpaired) electrons. The third-order valence-electron chi connectivity index (χ3n) is 3.71. The number of carbonyl (C=O) groups excluding carboxylic acids is 2. The molecule has 3 N–H and O–H groups in total. The van der Waals surface area contributed by atoms with Crippen molar-refractivity contribution in [3.8, 4) is 0 Å². The van der Waals surface area contributed by atoms with Gasteiger partial charge in [-0.05, 0) is 25.5 Å². The number of nitrogens with one attached hydrogen (secondary N) is 1. The summed E-state index contributed by atoms with van der Waals surface area (Å²) in [6.07, 6.45) is 3.49. The fraction of sp³-hybridized carbons (Fsp3) is 0.571. The molecule has 1 aromatic rings. The molecule has 0 spiro atoms. The Balaban J connectivity index is 2.24. The molecule has 110 valence electrons. The van der Waals surface area contributed by atoms with Crippen molar-refractivity contribution in [3.05, 3.63) is 23.5 Å². The first kappa shape index (κ1) is 14.6. The molecule has 2 amide bonds. The minimum Gasteiger partial charge on any atom is -0.366 e. The molecular formula is C14H22N4O2. The van der Waals surface area contributed by atoms with Crippen LogP contribution in [-0.4, -0.2) is 47.0 Å². The lowest BCUT2D eigenvalue weighted by atomic mass is 10.2. The summed E-state index contributed by atoms with van der Waals surface area (Å²) in [5.74, 6) is -0.542. The predicted octanol–water partition coefficient (Wildman–Crippen LogP) is 0.338. The Morgan fingerprint density at radius 1 is 1.55 bits per heavy atom. The number of hydrogen-bond acceptors (Lipinski definition) is 3. The fourth-order valence-electron chi connectivity index (χ4n) is 2.66. The molecule has 1 aliphatic rings. The Labute approximate surface area is 118 Å². The van der Waals surface area contributed by atoms with E-state index in [0.29, 0.717) is 11.3 Å². The molecule has 1 aromatic heterocycles. The van der Waals surface area contributed by atoms with Gasteiger partial charge in [-0.25, -0.2) is 0 Å². The van der Waals surface area contributed by atoms with E-state index in [-0.39, 0.29) is 11.9 Å². The standard InChI is InChI=1S/C14H22N4O2/c1-3-6-18(11-4-5-16-8-11)14(20)12-7-10(13(15)19)9-17(12)2/h7,9,11,16H,3-6,8H2,1-2H3,(H2,15,19). The molecule has 2 rings (SSSR count). The van der Waals surface area contributed by atoms with Crippen LogP contribution in [0.15, 0.2) is 12.3 Å². The van der Waals surface area contributed by atoms with Crippen molar-refractivity contribution in [1.29, 1.82) is 0 Å². The SMILES string of the molecule is CCCN(C(=O)c1cc(C(N)=O)cn1C)C1CCNC1. The zero-order valence-electron chi connectivity index (χ0n) is 12.1. The second-order valence-corrected chi connectivity index (χ2v) is 5.23. The molecule has 0 aliphatic carbocycles. The van der Waals surface area contributed by atoms with Crippen LogP contribution >= 0.6 is 0 Å². The molecule has 6 nitrogen and oxygen atoms in total. The van der Waals surface area contributed by atoms with E-state index in [1.54, 1.807) is 23.9 Å². The van der Waals surface area contributed by atoms with Crippen molar-refractivity contribution in [2.45, 2.75) is 25.8 Å². The maximum atomic E-state index is 12.7. The number of aromatic nitrogens is 1. The molecule has 0 saturated carbocycles. The lowest BCUT2D eigenvalue weighted by Crippen LogP contribution is -2.42.